The molecule has 10 atom stereocenters. The van der Waals surface area contributed by atoms with E-state index < -0.39 is 0 Å². The first-order chi connectivity index (χ1) is 33.6. The number of rotatable bonds is 38. The van der Waals surface area contributed by atoms with Gasteiger partial charge in [-0.05, 0) is 169 Å². The monoisotopic (exact) mass is 984 g/mol. The zero-order chi connectivity index (χ0) is 49.0. The molecule has 0 spiro atoms. The zero-order valence-corrected chi connectivity index (χ0v) is 46.3. The van der Waals surface area contributed by atoms with Gasteiger partial charge in [-0.1, -0.05) is 143 Å². The fourth-order valence-corrected chi connectivity index (χ4v) is 13.8. The molecule has 70 heavy (non-hydrogen) atoms. The first-order valence-corrected chi connectivity index (χ1v) is 29.9. The zero-order valence-electron chi connectivity index (χ0n) is 46.3. The second-order valence-electron chi connectivity index (χ2n) is 24.0. The molecule has 0 amide bonds. The van der Waals surface area contributed by atoms with Crippen LogP contribution in [0.25, 0.3) is 0 Å². The Morgan fingerprint density at radius 1 is 0.700 bits per heavy atom. The summed E-state index contributed by atoms with van der Waals surface area (Å²) in [7, 11) is 0. The first-order valence-electron chi connectivity index (χ1n) is 29.9. The molecule has 7 heteroatoms. The Bertz CT molecular complexity index is 1420. The van der Waals surface area contributed by atoms with E-state index >= 15 is 0 Å². The van der Waals surface area contributed by atoms with Gasteiger partial charge in [-0.15, -0.1) is 0 Å². The Morgan fingerprint density at radius 3 is 2.09 bits per heavy atom. The highest BCUT2D eigenvalue weighted by atomic mass is 16.6. The third-order valence-corrected chi connectivity index (χ3v) is 18.2. The average Bonchev–Trinajstić information content (AvgIpc) is 3.74. The molecular weight excluding hydrogens is 867 g/mol. The summed E-state index contributed by atoms with van der Waals surface area (Å²) < 4.78 is 36.6. The van der Waals surface area contributed by atoms with Gasteiger partial charge in [0.05, 0.1) is 71.7 Å². The second-order valence-corrected chi connectivity index (χ2v) is 24.0. The summed E-state index contributed by atoms with van der Waals surface area (Å²) in [6.45, 7) is 25.7. The molecule has 0 N–H and O–H groups in total. The summed E-state index contributed by atoms with van der Waals surface area (Å²) in [5.41, 5.74) is 2.65. The average molecular weight is 985 g/mol. The molecule has 0 aromatic carbocycles. The number of ether oxygens (including phenoxy) is 6. The molecule has 7 nitrogen and oxygen atoms in total. The largest absolute Gasteiger partial charge is 0.379 e. The summed E-state index contributed by atoms with van der Waals surface area (Å²) in [5, 5.41) is 0. The normalized spacial score (nSPS) is 29.0. The lowest BCUT2D eigenvalue weighted by molar-refractivity contribution is -0.0912. The standard InChI is InChI=1S/C62H111NO6.CH4.H2/c1-8-9-10-11-12-13-14-15-16-17-18-19-20-21-22-23-38-67-50-57(49-63-37-25-28-53(63)5)69-46-44-66-42-40-64-39-41-65-43-45-68-56-33-36-62(7)55(47-56)30-31-58-59-32-29-54(52(4)27-24-26-51(2)3)48-61(59,6)35-34-60(58)62;;/h12-13,15-16,30,51-54,56-60H,8-11,14,17-29,31-50H2,1-7H3;1H4;1H/b13-12-,16-15-;;. The molecule has 0 bridgehead atoms. The maximum Gasteiger partial charge on any atom is 0.0936 e. The van der Waals surface area contributed by atoms with Gasteiger partial charge >= 0.3 is 0 Å². The van der Waals surface area contributed by atoms with Gasteiger partial charge in [-0.25, -0.2) is 0 Å². The second kappa shape index (κ2) is 35.2. The van der Waals surface area contributed by atoms with Crippen LogP contribution in [0.5, 0.6) is 0 Å². The summed E-state index contributed by atoms with van der Waals surface area (Å²) in [5.74, 6) is 5.36. The quantitative estimate of drug-likeness (QED) is 0.0451. The summed E-state index contributed by atoms with van der Waals surface area (Å²) in [4.78, 5) is 2.56. The molecule has 1 heterocycles. The van der Waals surface area contributed by atoms with Crippen molar-refractivity contribution < 1.29 is 29.8 Å². The highest BCUT2D eigenvalue weighted by Crippen LogP contribution is 2.65. The summed E-state index contributed by atoms with van der Waals surface area (Å²) in [6.07, 6.45) is 46.7. The van der Waals surface area contributed by atoms with Crippen molar-refractivity contribution in [1.82, 2.24) is 4.90 Å². The van der Waals surface area contributed by atoms with Crippen molar-refractivity contribution in [2.45, 2.75) is 241 Å². The van der Waals surface area contributed by atoms with Crippen LogP contribution in [-0.4, -0.2) is 102 Å². The van der Waals surface area contributed by atoms with Crippen LogP contribution in [0.2, 0.25) is 0 Å². The molecule has 4 aliphatic carbocycles. The smallest absolute Gasteiger partial charge is 0.0936 e. The summed E-state index contributed by atoms with van der Waals surface area (Å²) >= 11 is 0. The van der Waals surface area contributed by atoms with Gasteiger partial charge in [0.25, 0.3) is 0 Å². The van der Waals surface area contributed by atoms with E-state index in [9.17, 15) is 0 Å². The Labute approximate surface area is 435 Å². The van der Waals surface area contributed by atoms with Gasteiger partial charge in [0.15, 0.2) is 0 Å². The minimum Gasteiger partial charge on any atom is -0.379 e. The van der Waals surface area contributed by atoms with Crippen LogP contribution in [0.4, 0.5) is 0 Å². The maximum absolute atomic E-state index is 6.45. The van der Waals surface area contributed by atoms with E-state index in [0.29, 0.717) is 82.4 Å². The number of nitrogens with zero attached hydrogens (tertiary/aromatic N) is 1. The van der Waals surface area contributed by atoms with Crippen LogP contribution < -0.4 is 0 Å². The molecule has 10 unspecified atom stereocenters. The Morgan fingerprint density at radius 2 is 1.39 bits per heavy atom. The molecule has 1 saturated heterocycles. The molecule has 410 valence electrons. The molecule has 0 aromatic heterocycles. The van der Waals surface area contributed by atoms with Gasteiger partial charge in [-0.2, -0.15) is 0 Å². The van der Waals surface area contributed by atoms with E-state index in [2.05, 4.69) is 83.7 Å². The maximum atomic E-state index is 6.45. The number of allylic oxidation sites excluding steroid dienone is 5. The minimum absolute atomic E-state index is 0. The van der Waals surface area contributed by atoms with Crippen LogP contribution in [-0.2, 0) is 28.4 Å². The first kappa shape index (κ1) is 61.5. The lowest BCUT2D eigenvalue weighted by Crippen LogP contribution is -2.52. The lowest BCUT2D eigenvalue weighted by Gasteiger charge is -2.61. The Kier molecular flexibility index (Phi) is 31.0. The SMILES string of the molecule is C.CCCCC/C=C\C/C=C\CCCCCCCCOCC(CN1CCCC1C)OCCOCCOCCOCCOC1CCC2(C)C(=CCC3C4CCC(C(C)CCCC(C)C)CC4(C)CCC32)C1.[HH]. The van der Waals surface area contributed by atoms with Crippen LogP contribution in [0.15, 0.2) is 36.0 Å². The van der Waals surface area contributed by atoms with Crippen LogP contribution in [0.1, 0.15) is 224 Å². The molecule has 5 aliphatic rings. The van der Waals surface area contributed by atoms with Gasteiger partial charge in [0.1, 0.15) is 0 Å². The third-order valence-electron chi connectivity index (χ3n) is 18.2. The highest BCUT2D eigenvalue weighted by Gasteiger charge is 2.56. The predicted octanol–water partition coefficient (Wildman–Crippen LogP) is 16.4. The molecule has 4 fully saturated rings. The molecule has 1 aliphatic heterocycles. The van der Waals surface area contributed by atoms with Crippen molar-refractivity contribution in [3.05, 3.63) is 36.0 Å². The topological polar surface area (TPSA) is 58.6 Å². The number of likely N-dealkylation sites (tertiary alicyclic amines) is 1. The van der Waals surface area contributed by atoms with E-state index in [1.165, 1.54) is 148 Å². The van der Waals surface area contributed by atoms with Gasteiger partial charge < -0.3 is 28.4 Å². The third kappa shape index (κ3) is 21.7. The van der Waals surface area contributed by atoms with Crippen LogP contribution in [0, 0.1) is 46.3 Å². The van der Waals surface area contributed by atoms with Crippen molar-refractivity contribution in [3.8, 4) is 0 Å². The van der Waals surface area contributed by atoms with E-state index in [1.807, 2.05) is 0 Å². The molecule has 0 aromatic rings. The molecule has 5 rings (SSSR count). The van der Waals surface area contributed by atoms with E-state index in [4.69, 9.17) is 28.4 Å². The van der Waals surface area contributed by atoms with Crippen LogP contribution >= 0.6 is 0 Å². The van der Waals surface area contributed by atoms with Gasteiger partial charge in [-0.3, -0.25) is 4.90 Å². The lowest BCUT2D eigenvalue weighted by atomic mass is 9.44. The van der Waals surface area contributed by atoms with Crippen molar-refractivity contribution >= 4 is 0 Å². The van der Waals surface area contributed by atoms with E-state index in [0.717, 1.165) is 74.5 Å². The van der Waals surface area contributed by atoms with Crippen LogP contribution in [0.3, 0.4) is 0 Å². The number of fused-ring (bicyclic) bond motifs is 5. The Hall–Kier alpha value is -1.06. The highest BCUT2D eigenvalue weighted by molar-refractivity contribution is 5.25. The van der Waals surface area contributed by atoms with Gasteiger partial charge in [0, 0.05) is 20.6 Å². The fraction of sp³-hybridized carbons (Fsp3) is 0.905. The van der Waals surface area contributed by atoms with Crippen molar-refractivity contribution in [2.24, 2.45) is 46.3 Å². The van der Waals surface area contributed by atoms with E-state index in [-0.39, 0.29) is 15.0 Å². The molecule has 3 saturated carbocycles. The number of unbranched alkanes of at least 4 members (excludes halogenated alkanes) is 9. The number of hydrogen-bond acceptors (Lipinski definition) is 7. The predicted molar refractivity (Wildman–Crippen MR) is 299 cm³/mol. The van der Waals surface area contributed by atoms with Gasteiger partial charge in [0.2, 0.25) is 0 Å². The Balaban J connectivity index is 0.00000666. The van der Waals surface area contributed by atoms with Crippen molar-refractivity contribution in [1.29, 1.82) is 0 Å². The molecule has 0 radical (unpaired) electrons. The summed E-state index contributed by atoms with van der Waals surface area (Å²) in [6, 6.07) is 0.627. The minimum atomic E-state index is 0. The number of hydrogen-bond donors (Lipinski definition) is 0. The van der Waals surface area contributed by atoms with E-state index in [1.54, 1.807) is 5.57 Å². The van der Waals surface area contributed by atoms with Crippen molar-refractivity contribution in [3.63, 3.8) is 0 Å². The fourth-order valence-electron chi connectivity index (χ4n) is 13.8. The van der Waals surface area contributed by atoms with Crippen molar-refractivity contribution in [2.75, 3.05) is 79.2 Å². The molecular formula is C63H117NO6.